The third-order valence-corrected chi connectivity index (χ3v) is 2.98. The van der Waals surface area contributed by atoms with E-state index >= 15 is 0 Å². The summed E-state index contributed by atoms with van der Waals surface area (Å²) in [5, 5.41) is 8.70. The van der Waals surface area contributed by atoms with Gasteiger partial charge in [-0.2, -0.15) is 0 Å². The second-order valence-corrected chi connectivity index (χ2v) is 4.73. The van der Waals surface area contributed by atoms with E-state index in [-0.39, 0.29) is 31.2 Å². The summed E-state index contributed by atoms with van der Waals surface area (Å²) in [5.41, 5.74) is 0. The average molecular weight is 244 g/mol. The number of fused-ring (bicyclic) bond motifs is 1. The van der Waals surface area contributed by atoms with Crippen LogP contribution in [0, 0.1) is 0 Å². The van der Waals surface area contributed by atoms with Gasteiger partial charge in [0.05, 0.1) is 12.7 Å². The van der Waals surface area contributed by atoms with E-state index in [2.05, 4.69) is 0 Å². The van der Waals surface area contributed by atoms with Gasteiger partial charge in [0, 0.05) is 7.11 Å². The minimum Gasteiger partial charge on any atom is -0.392 e. The lowest BCUT2D eigenvalue weighted by molar-refractivity contribution is -0.226. The molecule has 2 aliphatic rings. The van der Waals surface area contributed by atoms with Crippen molar-refractivity contribution in [2.75, 3.05) is 13.7 Å². The van der Waals surface area contributed by atoms with Crippen molar-refractivity contribution in [3.63, 3.8) is 0 Å². The molecule has 0 aromatic heterocycles. The van der Waals surface area contributed by atoms with Gasteiger partial charge < -0.3 is 24.1 Å². The molecule has 0 spiro atoms. The molecule has 2 rings (SSSR count). The smallest absolute Gasteiger partial charge is 0.186 e. The van der Waals surface area contributed by atoms with Gasteiger partial charge in [0.25, 0.3) is 0 Å². The van der Waals surface area contributed by atoms with Crippen LogP contribution in [0.25, 0.3) is 0 Å². The molecule has 4 atom stereocenters. The Morgan fingerprint density at radius 2 is 1.94 bits per heavy atom. The number of hydrogen-bond donors (Lipinski definition) is 1. The molecule has 2 aliphatic heterocycles. The molecule has 0 unspecified atom stereocenters. The standard InChI is InChI=1S/C12H20O5/c1-12(2)16-9-8(6-4-5-7-13)15-11(14-3)10(9)17-12/h4-5,8-11,13H,6-7H2,1-3H3/b5-4+/t8-,9-,10-,11-/m1/s1. The fourth-order valence-electron chi connectivity index (χ4n) is 2.33. The van der Waals surface area contributed by atoms with E-state index < -0.39 is 5.79 Å². The second kappa shape index (κ2) is 5.04. The fraction of sp³-hybridized carbons (Fsp3) is 0.833. The molecule has 0 aliphatic carbocycles. The van der Waals surface area contributed by atoms with Crippen molar-refractivity contribution < 1.29 is 24.1 Å². The highest BCUT2D eigenvalue weighted by molar-refractivity contribution is 4.98. The largest absolute Gasteiger partial charge is 0.392 e. The normalized spacial score (nSPS) is 40.0. The maximum atomic E-state index is 8.70. The minimum atomic E-state index is -0.588. The van der Waals surface area contributed by atoms with Gasteiger partial charge in [-0.25, -0.2) is 0 Å². The Labute approximate surface area is 101 Å². The predicted octanol–water partition coefficient (Wildman–Crippen LogP) is 0.816. The van der Waals surface area contributed by atoms with Gasteiger partial charge in [-0.15, -0.1) is 0 Å². The molecule has 0 aromatic carbocycles. The van der Waals surface area contributed by atoms with Crippen LogP contribution >= 0.6 is 0 Å². The Hall–Kier alpha value is -0.460. The number of aliphatic hydroxyl groups is 1. The number of rotatable bonds is 4. The molecule has 0 radical (unpaired) electrons. The summed E-state index contributed by atoms with van der Waals surface area (Å²) in [6.07, 6.45) is 3.50. The van der Waals surface area contributed by atoms with Crippen LogP contribution in [0.4, 0.5) is 0 Å². The second-order valence-electron chi connectivity index (χ2n) is 4.73. The van der Waals surface area contributed by atoms with Gasteiger partial charge in [0.2, 0.25) is 0 Å². The summed E-state index contributed by atoms with van der Waals surface area (Å²) in [6.45, 7) is 3.81. The van der Waals surface area contributed by atoms with E-state index in [4.69, 9.17) is 24.1 Å². The monoisotopic (exact) mass is 244 g/mol. The van der Waals surface area contributed by atoms with Crippen LogP contribution in [0.2, 0.25) is 0 Å². The zero-order valence-electron chi connectivity index (χ0n) is 10.5. The van der Waals surface area contributed by atoms with E-state index in [1.54, 1.807) is 13.2 Å². The van der Waals surface area contributed by atoms with Crippen LogP contribution in [0.3, 0.4) is 0 Å². The van der Waals surface area contributed by atoms with Crippen molar-refractivity contribution in [1.29, 1.82) is 0 Å². The number of ether oxygens (including phenoxy) is 4. The highest BCUT2D eigenvalue weighted by atomic mass is 16.8. The quantitative estimate of drug-likeness (QED) is 0.742. The Balaban J connectivity index is 2.02. The first kappa shape index (κ1) is 13.0. The van der Waals surface area contributed by atoms with Crippen LogP contribution in [0.5, 0.6) is 0 Å². The lowest BCUT2D eigenvalue weighted by atomic mass is 10.1. The summed E-state index contributed by atoms with van der Waals surface area (Å²) in [7, 11) is 1.60. The van der Waals surface area contributed by atoms with Crippen molar-refractivity contribution in [3.8, 4) is 0 Å². The predicted molar refractivity (Wildman–Crippen MR) is 60.3 cm³/mol. The first-order valence-electron chi connectivity index (χ1n) is 5.87. The zero-order chi connectivity index (χ0) is 12.5. The van der Waals surface area contributed by atoms with E-state index in [1.807, 2.05) is 19.9 Å². The molecule has 2 fully saturated rings. The molecule has 1 N–H and O–H groups in total. The summed E-state index contributed by atoms with van der Waals surface area (Å²) < 4.78 is 22.6. The van der Waals surface area contributed by atoms with Gasteiger partial charge >= 0.3 is 0 Å². The molecule has 5 nitrogen and oxygen atoms in total. The highest BCUT2D eigenvalue weighted by Gasteiger charge is 2.54. The van der Waals surface area contributed by atoms with Gasteiger partial charge in [-0.3, -0.25) is 0 Å². The van der Waals surface area contributed by atoms with Gasteiger partial charge in [-0.05, 0) is 20.3 Å². The van der Waals surface area contributed by atoms with Gasteiger partial charge in [-0.1, -0.05) is 12.2 Å². The van der Waals surface area contributed by atoms with Crippen molar-refractivity contribution >= 4 is 0 Å². The summed E-state index contributed by atoms with van der Waals surface area (Å²) in [5.74, 6) is -0.588. The minimum absolute atomic E-state index is 0.0391. The van der Waals surface area contributed by atoms with E-state index in [1.165, 1.54) is 0 Å². The number of methoxy groups -OCH3 is 1. The van der Waals surface area contributed by atoms with Crippen LogP contribution in [-0.2, 0) is 18.9 Å². The SMILES string of the molecule is CO[C@@H]1O[C@H](C/C=C/CO)[C@H]2OC(C)(C)O[C@@H]12. The molecule has 2 saturated heterocycles. The van der Waals surface area contributed by atoms with Crippen molar-refractivity contribution in [1.82, 2.24) is 0 Å². The fourth-order valence-corrected chi connectivity index (χ4v) is 2.33. The first-order chi connectivity index (χ1) is 8.07. The van der Waals surface area contributed by atoms with Gasteiger partial charge in [0.15, 0.2) is 12.1 Å². The zero-order valence-corrected chi connectivity index (χ0v) is 10.5. The maximum Gasteiger partial charge on any atom is 0.186 e. The molecule has 0 aromatic rings. The van der Waals surface area contributed by atoms with E-state index in [0.717, 1.165) is 0 Å². The third kappa shape index (κ3) is 2.69. The molecule has 0 amide bonds. The summed E-state index contributed by atoms with van der Waals surface area (Å²) in [6, 6.07) is 0. The first-order valence-corrected chi connectivity index (χ1v) is 5.87. The van der Waals surface area contributed by atoms with Crippen molar-refractivity contribution in [2.24, 2.45) is 0 Å². The van der Waals surface area contributed by atoms with Crippen molar-refractivity contribution in [3.05, 3.63) is 12.2 Å². The summed E-state index contributed by atoms with van der Waals surface area (Å²) in [4.78, 5) is 0. The number of hydrogen-bond acceptors (Lipinski definition) is 5. The molecule has 17 heavy (non-hydrogen) atoms. The lowest BCUT2D eigenvalue weighted by Crippen LogP contribution is -2.30. The van der Waals surface area contributed by atoms with Crippen LogP contribution in [-0.4, -0.2) is 49.2 Å². The molecule has 2 heterocycles. The molecule has 0 bridgehead atoms. The van der Waals surface area contributed by atoms with E-state index in [0.29, 0.717) is 6.42 Å². The Bertz CT molecular complexity index is 289. The molecular formula is C12H20O5. The molecule has 0 saturated carbocycles. The van der Waals surface area contributed by atoms with Crippen molar-refractivity contribution in [2.45, 2.75) is 50.7 Å². The van der Waals surface area contributed by atoms with E-state index in [9.17, 15) is 0 Å². The highest BCUT2D eigenvalue weighted by Crippen LogP contribution is 2.39. The Morgan fingerprint density at radius 1 is 1.24 bits per heavy atom. The average Bonchev–Trinajstić information content (AvgIpc) is 2.73. The maximum absolute atomic E-state index is 8.70. The van der Waals surface area contributed by atoms with Gasteiger partial charge in [0.1, 0.15) is 12.2 Å². The molecule has 5 heteroatoms. The Morgan fingerprint density at radius 3 is 2.59 bits per heavy atom. The molecule has 98 valence electrons. The van der Waals surface area contributed by atoms with Crippen LogP contribution in [0.1, 0.15) is 20.3 Å². The lowest BCUT2D eigenvalue weighted by Gasteiger charge is -2.23. The van der Waals surface area contributed by atoms with Crippen LogP contribution in [0.15, 0.2) is 12.2 Å². The molecular weight excluding hydrogens is 224 g/mol. The van der Waals surface area contributed by atoms with Crippen LogP contribution < -0.4 is 0 Å². The Kier molecular flexibility index (Phi) is 3.85. The topological polar surface area (TPSA) is 57.2 Å². The summed E-state index contributed by atoms with van der Waals surface area (Å²) >= 11 is 0. The third-order valence-electron chi connectivity index (χ3n) is 2.98. The number of aliphatic hydroxyl groups excluding tert-OH is 1.